The van der Waals surface area contributed by atoms with E-state index >= 15 is 0 Å². The maximum Gasteiger partial charge on any atom is 0.326 e. The zero-order valence-corrected chi connectivity index (χ0v) is 11.1. The normalized spacial score (nSPS) is 17.3. The van der Waals surface area contributed by atoms with E-state index in [0.717, 1.165) is 19.3 Å². The lowest BCUT2D eigenvalue weighted by atomic mass is 10.0. The number of primary amides is 1. The number of urea groups is 1. The summed E-state index contributed by atoms with van der Waals surface area (Å²) in [4.78, 5) is 33.1. The van der Waals surface area contributed by atoms with Crippen LogP contribution in [0.1, 0.15) is 39.0 Å². The first-order valence-corrected chi connectivity index (χ1v) is 6.44. The first-order chi connectivity index (χ1) is 8.88. The van der Waals surface area contributed by atoms with Crippen molar-refractivity contribution in [2.75, 3.05) is 6.54 Å². The van der Waals surface area contributed by atoms with Crippen molar-refractivity contribution < 1.29 is 19.5 Å². The summed E-state index contributed by atoms with van der Waals surface area (Å²) in [5.41, 5.74) is 5.15. The molecule has 0 saturated heterocycles. The molecular weight excluding hydrogens is 250 g/mol. The fraction of sp³-hybridized carbons (Fsp3) is 0.750. The Morgan fingerprint density at radius 1 is 1.37 bits per heavy atom. The Morgan fingerprint density at radius 2 is 2.00 bits per heavy atom. The number of hydrogen-bond donors (Lipinski definition) is 4. The summed E-state index contributed by atoms with van der Waals surface area (Å²) in [6.45, 7) is 2.62. The summed E-state index contributed by atoms with van der Waals surface area (Å²) in [6.07, 6.45) is 3.10. The van der Waals surface area contributed by atoms with Crippen LogP contribution < -0.4 is 16.4 Å². The van der Waals surface area contributed by atoms with Crippen molar-refractivity contribution in [2.45, 2.75) is 45.1 Å². The predicted molar refractivity (Wildman–Crippen MR) is 68.3 cm³/mol. The van der Waals surface area contributed by atoms with E-state index in [1.54, 1.807) is 0 Å². The van der Waals surface area contributed by atoms with Gasteiger partial charge in [0.2, 0.25) is 5.91 Å². The maximum absolute atomic E-state index is 11.6. The lowest BCUT2D eigenvalue weighted by Crippen LogP contribution is -2.47. The Balaban J connectivity index is 2.34. The van der Waals surface area contributed by atoms with Gasteiger partial charge in [0.1, 0.15) is 6.04 Å². The van der Waals surface area contributed by atoms with Crippen molar-refractivity contribution in [3.8, 4) is 0 Å². The number of nitrogens with one attached hydrogen (secondary N) is 2. The maximum atomic E-state index is 11.6. The minimum absolute atomic E-state index is 0.00297. The second-order valence-electron chi connectivity index (χ2n) is 5.08. The van der Waals surface area contributed by atoms with E-state index in [2.05, 4.69) is 17.6 Å². The number of nitrogens with two attached hydrogens (primary N) is 1. The molecule has 7 heteroatoms. The number of carboxylic acids is 1. The Hall–Kier alpha value is -1.79. The molecule has 1 aliphatic carbocycles. The lowest BCUT2D eigenvalue weighted by molar-refractivity contribution is -0.139. The quantitative estimate of drug-likeness (QED) is 0.503. The Bertz CT molecular complexity index is 366. The van der Waals surface area contributed by atoms with Gasteiger partial charge >= 0.3 is 12.0 Å². The Kier molecular flexibility index (Phi) is 5.14. The van der Waals surface area contributed by atoms with Gasteiger partial charge in [0, 0.05) is 13.0 Å². The number of hydrogen-bond acceptors (Lipinski definition) is 3. The van der Waals surface area contributed by atoms with E-state index < -0.39 is 23.9 Å². The highest BCUT2D eigenvalue weighted by Crippen LogP contribution is 2.47. The third kappa shape index (κ3) is 5.15. The van der Waals surface area contributed by atoms with E-state index in [1.807, 2.05) is 0 Å². The molecule has 1 rings (SSSR count). The minimum Gasteiger partial charge on any atom is -0.480 e. The van der Waals surface area contributed by atoms with Gasteiger partial charge in [-0.15, -0.1) is 0 Å². The molecule has 0 spiro atoms. The van der Waals surface area contributed by atoms with E-state index in [1.165, 1.54) is 0 Å². The largest absolute Gasteiger partial charge is 0.480 e. The van der Waals surface area contributed by atoms with Gasteiger partial charge in [-0.1, -0.05) is 6.92 Å². The molecule has 0 aromatic heterocycles. The van der Waals surface area contributed by atoms with E-state index in [0.29, 0.717) is 6.54 Å². The molecule has 1 saturated carbocycles. The highest BCUT2D eigenvalue weighted by molar-refractivity contribution is 5.83. The summed E-state index contributed by atoms with van der Waals surface area (Å²) in [5, 5.41) is 13.9. The molecule has 0 aromatic rings. The van der Waals surface area contributed by atoms with Crippen molar-refractivity contribution in [3.63, 3.8) is 0 Å². The number of aliphatic carboxylic acids is 1. The number of amides is 3. The highest BCUT2D eigenvalue weighted by Gasteiger charge is 2.40. The molecule has 7 nitrogen and oxygen atoms in total. The average molecular weight is 271 g/mol. The fourth-order valence-corrected chi connectivity index (χ4v) is 1.85. The summed E-state index contributed by atoms with van der Waals surface area (Å²) < 4.78 is 0. The molecule has 1 fully saturated rings. The summed E-state index contributed by atoms with van der Waals surface area (Å²) in [6, 6.07) is -1.61. The first kappa shape index (κ1) is 15.3. The van der Waals surface area contributed by atoms with Crippen LogP contribution in [-0.4, -0.2) is 35.6 Å². The molecule has 5 N–H and O–H groups in total. The molecule has 0 heterocycles. The zero-order chi connectivity index (χ0) is 14.5. The highest BCUT2D eigenvalue weighted by atomic mass is 16.4. The Morgan fingerprint density at radius 3 is 2.42 bits per heavy atom. The third-order valence-electron chi connectivity index (χ3n) is 3.61. The van der Waals surface area contributed by atoms with Crippen molar-refractivity contribution in [2.24, 2.45) is 11.1 Å². The molecule has 0 radical (unpaired) electrons. The third-order valence-corrected chi connectivity index (χ3v) is 3.61. The van der Waals surface area contributed by atoms with Gasteiger partial charge < -0.3 is 21.5 Å². The molecule has 0 aliphatic heterocycles. The number of carbonyl (C=O) groups is 3. The van der Waals surface area contributed by atoms with Crippen LogP contribution >= 0.6 is 0 Å². The van der Waals surface area contributed by atoms with Gasteiger partial charge in [-0.3, -0.25) is 4.79 Å². The van der Waals surface area contributed by atoms with E-state index in [-0.39, 0.29) is 18.3 Å². The molecule has 1 unspecified atom stereocenters. The smallest absolute Gasteiger partial charge is 0.326 e. The van der Waals surface area contributed by atoms with Crippen LogP contribution in [0, 0.1) is 5.41 Å². The van der Waals surface area contributed by atoms with Crippen LogP contribution in [0.2, 0.25) is 0 Å². The van der Waals surface area contributed by atoms with Crippen molar-refractivity contribution in [3.05, 3.63) is 0 Å². The summed E-state index contributed by atoms with van der Waals surface area (Å²) in [5.74, 6) is -1.76. The van der Waals surface area contributed by atoms with Crippen LogP contribution in [0.5, 0.6) is 0 Å². The van der Waals surface area contributed by atoms with E-state index in [9.17, 15) is 14.4 Å². The Labute approximate surface area is 111 Å². The van der Waals surface area contributed by atoms with Gasteiger partial charge in [-0.2, -0.15) is 0 Å². The molecule has 1 atom stereocenters. The topological polar surface area (TPSA) is 122 Å². The second kappa shape index (κ2) is 6.40. The molecule has 0 bridgehead atoms. The van der Waals surface area contributed by atoms with Crippen molar-refractivity contribution in [1.29, 1.82) is 0 Å². The second-order valence-corrected chi connectivity index (χ2v) is 5.08. The SMILES string of the molecule is CCC1(CNC(=O)NC(CCC(N)=O)C(=O)O)CC1. The molecule has 0 aromatic carbocycles. The summed E-state index contributed by atoms with van der Waals surface area (Å²) >= 11 is 0. The van der Waals surface area contributed by atoms with Crippen LogP contribution in [-0.2, 0) is 9.59 Å². The van der Waals surface area contributed by atoms with E-state index in [4.69, 9.17) is 10.8 Å². The number of rotatable bonds is 8. The van der Waals surface area contributed by atoms with Crippen LogP contribution in [0.4, 0.5) is 4.79 Å². The van der Waals surface area contributed by atoms with Crippen LogP contribution in [0.25, 0.3) is 0 Å². The summed E-state index contributed by atoms with van der Waals surface area (Å²) in [7, 11) is 0. The minimum atomic E-state index is -1.17. The van der Waals surface area contributed by atoms with Crippen molar-refractivity contribution >= 4 is 17.9 Å². The molecular formula is C12H21N3O4. The molecule has 19 heavy (non-hydrogen) atoms. The standard InChI is InChI=1S/C12H21N3O4/c1-2-12(5-6-12)7-14-11(19)15-8(10(17)18)3-4-9(13)16/h8H,2-7H2,1H3,(H2,13,16)(H,17,18)(H2,14,15,19). The van der Waals surface area contributed by atoms with Gasteiger partial charge in [-0.05, 0) is 31.1 Å². The van der Waals surface area contributed by atoms with Gasteiger partial charge in [0.05, 0.1) is 0 Å². The first-order valence-electron chi connectivity index (χ1n) is 6.44. The average Bonchev–Trinajstić information content (AvgIpc) is 3.12. The van der Waals surface area contributed by atoms with Crippen molar-refractivity contribution in [1.82, 2.24) is 10.6 Å². The number of carboxylic acid groups (broad SMARTS) is 1. The van der Waals surface area contributed by atoms with Gasteiger partial charge in [0.25, 0.3) is 0 Å². The monoisotopic (exact) mass is 271 g/mol. The van der Waals surface area contributed by atoms with Crippen LogP contribution in [0.15, 0.2) is 0 Å². The van der Waals surface area contributed by atoms with Crippen LogP contribution in [0.3, 0.4) is 0 Å². The number of carbonyl (C=O) groups excluding carboxylic acids is 2. The van der Waals surface area contributed by atoms with Gasteiger partial charge in [-0.25, -0.2) is 9.59 Å². The lowest BCUT2D eigenvalue weighted by Gasteiger charge is -2.17. The zero-order valence-electron chi connectivity index (χ0n) is 11.1. The predicted octanol–water partition coefficient (Wildman–Crippen LogP) is 0.195. The molecule has 1 aliphatic rings. The van der Waals surface area contributed by atoms with Gasteiger partial charge in [0.15, 0.2) is 0 Å². The molecule has 108 valence electrons. The fourth-order valence-electron chi connectivity index (χ4n) is 1.85. The molecule has 3 amide bonds.